The molecule has 0 aliphatic carbocycles. The van der Waals surface area contributed by atoms with Gasteiger partial charge in [-0.25, -0.2) is 0 Å². The molecule has 5 nitrogen and oxygen atoms in total. The highest BCUT2D eigenvalue weighted by molar-refractivity contribution is 5.89. The van der Waals surface area contributed by atoms with E-state index in [4.69, 9.17) is 0 Å². The lowest BCUT2D eigenvalue weighted by atomic mass is 9.85. The van der Waals surface area contributed by atoms with Crippen LogP contribution in [0.15, 0.2) is 0 Å². The van der Waals surface area contributed by atoms with Crippen LogP contribution in [0, 0.1) is 5.92 Å². The van der Waals surface area contributed by atoms with E-state index >= 15 is 0 Å². The van der Waals surface area contributed by atoms with Gasteiger partial charge in [0, 0.05) is 13.0 Å². The molecule has 0 bridgehead atoms. The van der Waals surface area contributed by atoms with Crippen LogP contribution in [-0.4, -0.2) is 34.6 Å². The van der Waals surface area contributed by atoms with Crippen LogP contribution < -0.4 is 10.6 Å². The zero-order valence-electron chi connectivity index (χ0n) is 10.3. The van der Waals surface area contributed by atoms with Gasteiger partial charge in [0.2, 0.25) is 11.8 Å². The number of hydrogen-bond donors (Lipinski definition) is 3. The molecule has 1 fully saturated rings. The van der Waals surface area contributed by atoms with Crippen molar-refractivity contribution in [2.45, 2.75) is 45.3 Å². The van der Waals surface area contributed by atoms with E-state index in [1.807, 2.05) is 0 Å². The van der Waals surface area contributed by atoms with E-state index in [0.29, 0.717) is 6.54 Å². The summed E-state index contributed by atoms with van der Waals surface area (Å²) in [5.41, 5.74) is -1.74. The maximum Gasteiger partial charge on any atom is 0.225 e. The molecule has 1 saturated heterocycles. The van der Waals surface area contributed by atoms with Gasteiger partial charge in [0.25, 0.3) is 0 Å². The third-order valence-corrected chi connectivity index (χ3v) is 3.31. The van der Waals surface area contributed by atoms with Crippen LogP contribution in [0.1, 0.15) is 34.1 Å². The Bertz CT molecular complexity index is 305. The Kier molecular flexibility index (Phi) is 3.28. The molecule has 1 heterocycles. The molecule has 1 aliphatic heterocycles. The number of aliphatic hydroxyl groups is 1. The maximum atomic E-state index is 11.8. The van der Waals surface area contributed by atoms with Crippen molar-refractivity contribution in [2.24, 2.45) is 5.92 Å². The van der Waals surface area contributed by atoms with E-state index in [2.05, 4.69) is 10.6 Å². The molecular formula is C11H20N2O3. The lowest BCUT2D eigenvalue weighted by molar-refractivity contribution is -0.130. The van der Waals surface area contributed by atoms with Crippen molar-refractivity contribution in [3.05, 3.63) is 0 Å². The van der Waals surface area contributed by atoms with Crippen molar-refractivity contribution in [1.29, 1.82) is 0 Å². The standard InChI is InChI=1S/C11H20N2O3/c1-10(2,11(3,4)16)13-9(15)7-5-8(14)12-6-7/h7,16H,5-6H2,1-4H3,(H,12,14)(H,13,15). The minimum absolute atomic E-state index is 0.0961. The van der Waals surface area contributed by atoms with Crippen molar-refractivity contribution in [3.8, 4) is 0 Å². The molecule has 0 radical (unpaired) electrons. The first-order valence-corrected chi connectivity index (χ1v) is 5.44. The lowest BCUT2D eigenvalue weighted by Crippen LogP contribution is -2.59. The largest absolute Gasteiger partial charge is 0.388 e. The Morgan fingerprint density at radius 3 is 2.38 bits per heavy atom. The maximum absolute atomic E-state index is 11.8. The molecule has 5 heteroatoms. The van der Waals surface area contributed by atoms with Crippen molar-refractivity contribution in [1.82, 2.24) is 10.6 Å². The summed E-state index contributed by atoms with van der Waals surface area (Å²) in [5, 5.41) is 15.3. The first-order valence-electron chi connectivity index (χ1n) is 5.44. The molecule has 1 aliphatic rings. The second-order valence-corrected chi connectivity index (χ2v) is 5.38. The van der Waals surface area contributed by atoms with E-state index in [1.54, 1.807) is 27.7 Å². The molecular weight excluding hydrogens is 208 g/mol. The highest BCUT2D eigenvalue weighted by atomic mass is 16.3. The summed E-state index contributed by atoms with van der Waals surface area (Å²) in [5.74, 6) is -0.610. The van der Waals surface area contributed by atoms with E-state index < -0.39 is 11.1 Å². The molecule has 2 amide bonds. The summed E-state index contributed by atoms with van der Waals surface area (Å²) < 4.78 is 0. The third kappa shape index (κ3) is 2.72. The molecule has 0 spiro atoms. The Labute approximate surface area is 95.6 Å². The van der Waals surface area contributed by atoms with Crippen molar-refractivity contribution < 1.29 is 14.7 Å². The van der Waals surface area contributed by atoms with Crippen LogP contribution in [0.3, 0.4) is 0 Å². The Morgan fingerprint density at radius 2 is 2.00 bits per heavy atom. The number of amides is 2. The monoisotopic (exact) mass is 228 g/mol. The second kappa shape index (κ2) is 4.05. The molecule has 16 heavy (non-hydrogen) atoms. The van der Waals surface area contributed by atoms with Crippen LogP contribution in [0.4, 0.5) is 0 Å². The molecule has 0 aromatic rings. The van der Waals surface area contributed by atoms with Gasteiger partial charge >= 0.3 is 0 Å². The van der Waals surface area contributed by atoms with Gasteiger partial charge in [-0.3, -0.25) is 9.59 Å². The van der Waals surface area contributed by atoms with Crippen LogP contribution in [-0.2, 0) is 9.59 Å². The fourth-order valence-corrected chi connectivity index (χ4v) is 1.35. The first kappa shape index (κ1) is 13.0. The normalized spacial score (nSPS) is 21.8. The number of carbonyl (C=O) groups is 2. The minimum Gasteiger partial charge on any atom is -0.388 e. The highest BCUT2D eigenvalue weighted by Crippen LogP contribution is 2.21. The Hall–Kier alpha value is -1.10. The summed E-state index contributed by atoms with van der Waals surface area (Å²) in [7, 11) is 0. The zero-order chi connectivity index (χ0) is 12.6. The highest BCUT2D eigenvalue weighted by Gasteiger charge is 2.39. The van der Waals surface area contributed by atoms with Gasteiger partial charge in [-0.05, 0) is 27.7 Å². The molecule has 0 aromatic carbocycles. The van der Waals surface area contributed by atoms with Crippen molar-refractivity contribution >= 4 is 11.8 Å². The van der Waals surface area contributed by atoms with Crippen LogP contribution in [0.5, 0.6) is 0 Å². The molecule has 3 N–H and O–H groups in total. The number of carbonyl (C=O) groups excluding carboxylic acids is 2. The molecule has 0 aromatic heterocycles. The van der Waals surface area contributed by atoms with Gasteiger partial charge in [0.05, 0.1) is 17.1 Å². The average molecular weight is 228 g/mol. The van der Waals surface area contributed by atoms with E-state index in [1.165, 1.54) is 0 Å². The van der Waals surface area contributed by atoms with Gasteiger partial charge in [-0.15, -0.1) is 0 Å². The minimum atomic E-state index is -1.02. The molecule has 0 saturated carbocycles. The van der Waals surface area contributed by atoms with Gasteiger partial charge < -0.3 is 15.7 Å². The average Bonchev–Trinajstić information content (AvgIpc) is 2.48. The van der Waals surface area contributed by atoms with Gasteiger partial charge in [0.1, 0.15) is 0 Å². The summed E-state index contributed by atoms with van der Waals surface area (Å²) in [6.45, 7) is 7.19. The predicted octanol–water partition coefficient (Wildman–Crippen LogP) is -0.212. The zero-order valence-corrected chi connectivity index (χ0v) is 10.3. The van der Waals surface area contributed by atoms with Crippen LogP contribution in [0.2, 0.25) is 0 Å². The van der Waals surface area contributed by atoms with Crippen molar-refractivity contribution in [3.63, 3.8) is 0 Å². The van der Waals surface area contributed by atoms with Gasteiger partial charge in [0.15, 0.2) is 0 Å². The van der Waals surface area contributed by atoms with E-state index in [9.17, 15) is 14.7 Å². The smallest absolute Gasteiger partial charge is 0.225 e. The summed E-state index contributed by atoms with van der Waals surface area (Å²) in [6, 6.07) is 0. The Morgan fingerprint density at radius 1 is 1.44 bits per heavy atom. The fourth-order valence-electron chi connectivity index (χ4n) is 1.35. The molecule has 1 rings (SSSR count). The predicted molar refractivity (Wildman–Crippen MR) is 59.6 cm³/mol. The van der Waals surface area contributed by atoms with Crippen LogP contribution in [0.25, 0.3) is 0 Å². The van der Waals surface area contributed by atoms with Gasteiger partial charge in [-0.1, -0.05) is 0 Å². The lowest BCUT2D eigenvalue weighted by Gasteiger charge is -2.38. The molecule has 92 valence electrons. The van der Waals surface area contributed by atoms with Gasteiger partial charge in [-0.2, -0.15) is 0 Å². The summed E-state index contributed by atoms with van der Waals surface area (Å²) in [6.07, 6.45) is 0.230. The summed E-state index contributed by atoms with van der Waals surface area (Å²) >= 11 is 0. The second-order valence-electron chi connectivity index (χ2n) is 5.38. The van der Waals surface area contributed by atoms with Crippen LogP contribution >= 0.6 is 0 Å². The number of nitrogens with one attached hydrogen (secondary N) is 2. The Balaban J connectivity index is 2.61. The summed E-state index contributed by atoms with van der Waals surface area (Å²) in [4.78, 5) is 22.8. The quantitative estimate of drug-likeness (QED) is 0.625. The van der Waals surface area contributed by atoms with E-state index in [0.717, 1.165) is 0 Å². The SMILES string of the molecule is CC(C)(O)C(C)(C)NC(=O)C1CNC(=O)C1. The first-order chi connectivity index (χ1) is 7.13. The molecule has 1 atom stereocenters. The number of hydrogen-bond acceptors (Lipinski definition) is 3. The molecule has 1 unspecified atom stereocenters. The topological polar surface area (TPSA) is 78.4 Å². The fraction of sp³-hybridized carbons (Fsp3) is 0.818. The van der Waals surface area contributed by atoms with E-state index in [-0.39, 0.29) is 24.2 Å². The van der Waals surface area contributed by atoms with Crippen molar-refractivity contribution in [2.75, 3.05) is 6.54 Å². The third-order valence-electron chi connectivity index (χ3n) is 3.31. The number of rotatable bonds is 3.